The number of carbonyl (C=O) groups excluding carboxylic acids is 1. The molecule has 2 rings (SSSR count). The number of hydrogen-bond acceptors (Lipinski definition) is 4. The van der Waals surface area contributed by atoms with Crippen LogP contribution in [0.4, 0.5) is 11.4 Å². The highest BCUT2D eigenvalue weighted by molar-refractivity contribution is 9.10. The number of nitrogens with zero attached hydrogens (tertiary/aromatic N) is 1. The first-order valence-corrected chi connectivity index (χ1v) is 7.60. The van der Waals surface area contributed by atoms with Crippen molar-refractivity contribution >= 4 is 33.2 Å². The number of rotatable bonds is 5. The second-order valence-electron chi connectivity index (χ2n) is 5.00. The molecule has 1 amide bonds. The largest absolute Gasteiger partial charge is 0.484 e. The highest BCUT2D eigenvalue weighted by Gasteiger charge is 2.11. The predicted octanol–water partition coefficient (Wildman–Crippen LogP) is 3.99. The van der Waals surface area contributed by atoms with Gasteiger partial charge in [-0.3, -0.25) is 14.9 Å². The van der Waals surface area contributed by atoms with Crippen LogP contribution in [-0.4, -0.2) is 17.4 Å². The molecule has 1 N–H and O–H groups in total. The fourth-order valence-electron chi connectivity index (χ4n) is 1.86. The van der Waals surface area contributed by atoms with Gasteiger partial charge < -0.3 is 10.1 Å². The number of aryl methyl sites for hydroxylation is 2. The smallest absolute Gasteiger partial charge is 0.270 e. The fraction of sp³-hybridized carbons (Fsp3) is 0.188. The molecule has 120 valence electrons. The van der Waals surface area contributed by atoms with E-state index in [2.05, 4.69) is 21.2 Å². The Morgan fingerprint density at radius 2 is 1.96 bits per heavy atom. The molecule has 0 atom stereocenters. The van der Waals surface area contributed by atoms with Crippen molar-refractivity contribution in [3.63, 3.8) is 0 Å². The Bertz CT molecular complexity index is 762. The Morgan fingerprint density at radius 3 is 2.57 bits per heavy atom. The number of hydrogen-bond donors (Lipinski definition) is 1. The predicted molar refractivity (Wildman–Crippen MR) is 90.8 cm³/mol. The lowest BCUT2D eigenvalue weighted by molar-refractivity contribution is -0.384. The number of carbonyl (C=O) groups is 1. The van der Waals surface area contributed by atoms with Crippen LogP contribution in [0.2, 0.25) is 0 Å². The van der Waals surface area contributed by atoms with E-state index in [0.29, 0.717) is 15.9 Å². The zero-order valence-electron chi connectivity index (χ0n) is 12.6. The van der Waals surface area contributed by atoms with Gasteiger partial charge in [-0.15, -0.1) is 0 Å². The summed E-state index contributed by atoms with van der Waals surface area (Å²) >= 11 is 3.20. The van der Waals surface area contributed by atoms with E-state index in [1.54, 1.807) is 6.07 Å². The average Bonchev–Trinajstić information content (AvgIpc) is 2.50. The summed E-state index contributed by atoms with van der Waals surface area (Å²) in [6, 6.07) is 9.72. The maximum atomic E-state index is 11.9. The molecule has 0 spiro atoms. The van der Waals surface area contributed by atoms with Crippen molar-refractivity contribution in [3.8, 4) is 5.75 Å². The van der Waals surface area contributed by atoms with E-state index in [1.165, 1.54) is 18.2 Å². The van der Waals surface area contributed by atoms with Gasteiger partial charge in [0.05, 0.1) is 10.6 Å². The van der Waals surface area contributed by atoms with Crippen LogP contribution in [0.15, 0.2) is 40.9 Å². The molecule has 0 saturated carbocycles. The Labute approximate surface area is 141 Å². The lowest BCUT2D eigenvalue weighted by Crippen LogP contribution is -2.20. The minimum atomic E-state index is -0.501. The third kappa shape index (κ3) is 4.53. The second kappa shape index (κ2) is 7.23. The van der Waals surface area contributed by atoms with Gasteiger partial charge in [0, 0.05) is 16.6 Å². The molecule has 6 nitrogen and oxygen atoms in total. The van der Waals surface area contributed by atoms with Gasteiger partial charge in [-0.2, -0.15) is 0 Å². The maximum absolute atomic E-state index is 11.9. The third-order valence-electron chi connectivity index (χ3n) is 3.29. The van der Waals surface area contributed by atoms with Crippen LogP contribution in [-0.2, 0) is 4.79 Å². The number of nitrogens with one attached hydrogen (secondary N) is 1. The van der Waals surface area contributed by atoms with E-state index in [4.69, 9.17) is 4.74 Å². The molecule has 0 saturated heterocycles. The molecule has 2 aromatic rings. The molecule has 0 radical (unpaired) electrons. The maximum Gasteiger partial charge on any atom is 0.270 e. The van der Waals surface area contributed by atoms with Crippen LogP contribution in [0.3, 0.4) is 0 Å². The van der Waals surface area contributed by atoms with E-state index in [1.807, 2.05) is 26.0 Å². The van der Waals surface area contributed by atoms with Crippen molar-refractivity contribution in [3.05, 3.63) is 62.1 Å². The number of amides is 1. The molecule has 23 heavy (non-hydrogen) atoms. The van der Waals surface area contributed by atoms with Gasteiger partial charge in [0.2, 0.25) is 0 Å². The summed E-state index contributed by atoms with van der Waals surface area (Å²) in [4.78, 5) is 22.1. The molecule has 0 aliphatic heterocycles. The quantitative estimate of drug-likeness (QED) is 0.629. The number of nitro groups is 1. The van der Waals surface area contributed by atoms with E-state index in [0.717, 1.165) is 11.1 Å². The van der Waals surface area contributed by atoms with Gasteiger partial charge in [0.25, 0.3) is 11.6 Å². The van der Waals surface area contributed by atoms with Crippen LogP contribution < -0.4 is 10.1 Å². The zero-order chi connectivity index (χ0) is 17.0. The van der Waals surface area contributed by atoms with Gasteiger partial charge in [-0.25, -0.2) is 0 Å². The molecule has 2 aromatic carbocycles. The van der Waals surface area contributed by atoms with E-state index >= 15 is 0 Å². The first-order chi connectivity index (χ1) is 10.9. The Kier molecular flexibility index (Phi) is 5.33. The number of non-ortho nitro benzene ring substituents is 1. The highest BCUT2D eigenvalue weighted by Crippen LogP contribution is 2.27. The molecule has 7 heteroatoms. The SMILES string of the molecule is Cc1ccc(OCC(=O)Nc2ccc([N+](=O)[O-])cc2Br)cc1C. The Morgan fingerprint density at radius 1 is 1.22 bits per heavy atom. The lowest BCUT2D eigenvalue weighted by Gasteiger charge is -2.10. The minimum Gasteiger partial charge on any atom is -0.484 e. The lowest BCUT2D eigenvalue weighted by atomic mass is 10.1. The summed E-state index contributed by atoms with van der Waals surface area (Å²) in [7, 11) is 0. The van der Waals surface area contributed by atoms with Gasteiger partial charge >= 0.3 is 0 Å². The van der Waals surface area contributed by atoms with Gasteiger partial charge in [-0.1, -0.05) is 6.07 Å². The summed E-state index contributed by atoms with van der Waals surface area (Å²) in [5, 5.41) is 13.3. The first kappa shape index (κ1) is 17.0. The molecule has 0 bridgehead atoms. The van der Waals surface area contributed by atoms with Crippen LogP contribution in [0.1, 0.15) is 11.1 Å². The molecule has 0 heterocycles. The van der Waals surface area contributed by atoms with E-state index in [-0.39, 0.29) is 18.2 Å². The Balaban J connectivity index is 1.97. The molecule has 0 unspecified atom stereocenters. The number of nitro benzene ring substituents is 1. The highest BCUT2D eigenvalue weighted by atomic mass is 79.9. The minimum absolute atomic E-state index is 0.0544. The summed E-state index contributed by atoms with van der Waals surface area (Å²) < 4.78 is 5.88. The topological polar surface area (TPSA) is 81.5 Å². The van der Waals surface area contributed by atoms with Crippen molar-refractivity contribution in [2.24, 2.45) is 0 Å². The molecule has 0 fully saturated rings. The number of anilines is 1. The van der Waals surface area contributed by atoms with Crippen molar-refractivity contribution in [2.45, 2.75) is 13.8 Å². The van der Waals surface area contributed by atoms with Gasteiger partial charge in [-0.05, 0) is 59.1 Å². The summed E-state index contributed by atoms with van der Waals surface area (Å²) in [5.41, 5.74) is 2.63. The van der Waals surface area contributed by atoms with Crippen LogP contribution >= 0.6 is 15.9 Å². The van der Waals surface area contributed by atoms with Crippen LogP contribution in [0.5, 0.6) is 5.75 Å². The molecular formula is C16H15BrN2O4. The molecular weight excluding hydrogens is 364 g/mol. The van der Waals surface area contributed by atoms with Crippen molar-refractivity contribution in [1.82, 2.24) is 0 Å². The van der Waals surface area contributed by atoms with E-state index < -0.39 is 4.92 Å². The zero-order valence-corrected chi connectivity index (χ0v) is 14.2. The number of benzene rings is 2. The van der Waals surface area contributed by atoms with Crippen molar-refractivity contribution < 1.29 is 14.5 Å². The van der Waals surface area contributed by atoms with Crippen molar-refractivity contribution in [2.75, 3.05) is 11.9 Å². The summed E-state index contributed by atoms with van der Waals surface area (Å²) in [5.74, 6) is 0.267. The normalized spacial score (nSPS) is 10.2. The third-order valence-corrected chi connectivity index (χ3v) is 3.94. The standard InChI is InChI=1S/C16H15BrN2O4/c1-10-3-5-13(7-11(10)2)23-9-16(20)18-15-6-4-12(19(21)22)8-14(15)17/h3-8H,9H2,1-2H3,(H,18,20). The number of ether oxygens (including phenoxy) is 1. The van der Waals surface area contributed by atoms with E-state index in [9.17, 15) is 14.9 Å². The number of halogens is 1. The Hall–Kier alpha value is -2.41. The van der Waals surface area contributed by atoms with Gasteiger partial charge in [0.1, 0.15) is 5.75 Å². The first-order valence-electron chi connectivity index (χ1n) is 6.80. The second-order valence-corrected chi connectivity index (χ2v) is 5.86. The summed E-state index contributed by atoms with van der Waals surface area (Å²) in [6.07, 6.45) is 0. The average molecular weight is 379 g/mol. The fourth-order valence-corrected chi connectivity index (χ4v) is 2.32. The molecule has 0 aliphatic carbocycles. The monoisotopic (exact) mass is 378 g/mol. The van der Waals surface area contributed by atoms with Crippen LogP contribution in [0, 0.1) is 24.0 Å². The molecule has 0 aromatic heterocycles. The molecule has 0 aliphatic rings. The van der Waals surface area contributed by atoms with Crippen molar-refractivity contribution in [1.29, 1.82) is 0 Å². The summed E-state index contributed by atoms with van der Waals surface area (Å²) in [6.45, 7) is 3.82. The van der Waals surface area contributed by atoms with Crippen LogP contribution in [0.25, 0.3) is 0 Å². The van der Waals surface area contributed by atoms with Gasteiger partial charge in [0.15, 0.2) is 6.61 Å².